The van der Waals surface area contributed by atoms with Gasteiger partial charge in [0.2, 0.25) is 0 Å². The van der Waals surface area contributed by atoms with Gasteiger partial charge in [0.1, 0.15) is 6.33 Å². The molecule has 3 N–H and O–H groups in total. The highest BCUT2D eigenvalue weighted by Gasteiger charge is 2.21. The number of aromatic nitrogens is 2. The first-order valence-corrected chi connectivity index (χ1v) is 4.84. The lowest BCUT2D eigenvalue weighted by Gasteiger charge is -2.33. The summed E-state index contributed by atoms with van der Waals surface area (Å²) < 4.78 is 5.34. The number of ether oxygens (including phenoxy) is 1. The van der Waals surface area contributed by atoms with E-state index in [4.69, 9.17) is 15.6 Å². The van der Waals surface area contributed by atoms with Gasteiger partial charge in [-0.2, -0.15) is 0 Å². The summed E-state index contributed by atoms with van der Waals surface area (Å²) in [6.07, 6.45) is 2.88. The minimum absolute atomic E-state index is 0.0154. The number of anilines is 2. The van der Waals surface area contributed by atoms with E-state index < -0.39 is 0 Å². The zero-order chi connectivity index (χ0) is 10.7. The van der Waals surface area contributed by atoms with Crippen LogP contribution in [0.15, 0.2) is 12.5 Å². The maximum Gasteiger partial charge on any atom is 0.155 e. The van der Waals surface area contributed by atoms with Gasteiger partial charge in [0.15, 0.2) is 5.82 Å². The molecule has 0 amide bonds. The number of morpholine rings is 1. The van der Waals surface area contributed by atoms with Crippen molar-refractivity contribution in [3.63, 3.8) is 0 Å². The number of nitrogens with zero attached hydrogens (tertiary/aromatic N) is 3. The molecule has 1 aliphatic rings. The van der Waals surface area contributed by atoms with Crippen LogP contribution in [0, 0.1) is 0 Å². The second-order valence-electron chi connectivity index (χ2n) is 3.42. The lowest BCUT2D eigenvalue weighted by molar-refractivity contribution is 0.00339. The molecule has 6 heteroatoms. The van der Waals surface area contributed by atoms with Crippen molar-refractivity contribution in [2.24, 2.45) is 0 Å². The summed E-state index contributed by atoms with van der Waals surface area (Å²) in [4.78, 5) is 9.96. The van der Waals surface area contributed by atoms with Crippen molar-refractivity contribution in [1.29, 1.82) is 0 Å². The maximum atomic E-state index is 9.01. The zero-order valence-electron chi connectivity index (χ0n) is 8.33. The Balaban J connectivity index is 2.13. The fraction of sp³-hybridized carbons (Fsp3) is 0.556. The van der Waals surface area contributed by atoms with Crippen LogP contribution in [-0.4, -0.2) is 47.5 Å². The molecule has 1 aromatic heterocycles. The smallest absolute Gasteiger partial charge is 0.155 e. The number of nitrogens with two attached hydrogens (primary N) is 1. The Hall–Kier alpha value is -1.40. The highest BCUT2D eigenvalue weighted by molar-refractivity contribution is 5.61. The summed E-state index contributed by atoms with van der Waals surface area (Å²) in [6.45, 7) is 1.94. The van der Waals surface area contributed by atoms with Gasteiger partial charge in [-0.15, -0.1) is 0 Å². The molecule has 2 rings (SSSR count). The van der Waals surface area contributed by atoms with E-state index in [-0.39, 0.29) is 12.7 Å². The molecule has 82 valence electrons. The molecular formula is C9H14N4O2. The van der Waals surface area contributed by atoms with Gasteiger partial charge in [0.25, 0.3) is 0 Å². The molecule has 2 heterocycles. The molecule has 0 saturated carbocycles. The highest BCUT2D eigenvalue weighted by atomic mass is 16.5. The van der Waals surface area contributed by atoms with E-state index >= 15 is 0 Å². The van der Waals surface area contributed by atoms with E-state index in [0.717, 1.165) is 6.54 Å². The van der Waals surface area contributed by atoms with Gasteiger partial charge in [0.05, 0.1) is 31.2 Å². The minimum Gasteiger partial charge on any atom is -0.394 e. The third-order valence-electron chi connectivity index (χ3n) is 2.36. The Morgan fingerprint density at radius 3 is 3.27 bits per heavy atom. The van der Waals surface area contributed by atoms with Crippen LogP contribution >= 0.6 is 0 Å². The number of nitrogen functional groups attached to an aromatic ring is 1. The van der Waals surface area contributed by atoms with E-state index in [1.807, 2.05) is 4.90 Å². The van der Waals surface area contributed by atoms with Crippen molar-refractivity contribution in [2.45, 2.75) is 6.10 Å². The van der Waals surface area contributed by atoms with Gasteiger partial charge < -0.3 is 20.5 Å². The Kier molecular flexibility index (Phi) is 2.98. The zero-order valence-corrected chi connectivity index (χ0v) is 8.33. The van der Waals surface area contributed by atoms with Crippen LogP contribution in [-0.2, 0) is 4.74 Å². The van der Waals surface area contributed by atoms with Crippen LogP contribution in [0.25, 0.3) is 0 Å². The minimum atomic E-state index is -0.159. The Labute approximate surface area is 87.7 Å². The van der Waals surface area contributed by atoms with E-state index in [1.165, 1.54) is 6.33 Å². The van der Waals surface area contributed by atoms with Crippen molar-refractivity contribution in [1.82, 2.24) is 9.97 Å². The molecule has 0 radical (unpaired) electrons. The predicted molar refractivity (Wildman–Crippen MR) is 55.5 cm³/mol. The van der Waals surface area contributed by atoms with E-state index in [0.29, 0.717) is 24.7 Å². The normalized spacial score (nSPS) is 21.7. The number of aliphatic hydroxyl groups excluding tert-OH is 1. The molecule has 15 heavy (non-hydrogen) atoms. The summed E-state index contributed by atoms with van der Waals surface area (Å²) in [5.74, 6) is 0.715. The summed E-state index contributed by atoms with van der Waals surface area (Å²) >= 11 is 0. The topological polar surface area (TPSA) is 84.5 Å². The van der Waals surface area contributed by atoms with Gasteiger partial charge in [0, 0.05) is 13.1 Å². The molecule has 1 unspecified atom stereocenters. The van der Waals surface area contributed by atoms with Crippen LogP contribution in [0.2, 0.25) is 0 Å². The molecule has 0 spiro atoms. The number of rotatable bonds is 2. The molecular weight excluding hydrogens is 196 g/mol. The fourth-order valence-electron chi connectivity index (χ4n) is 1.62. The van der Waals surface area contributed by atoms with Crippen LogP contribution < -0.4 is 10.6 Å². The van der Waals surface area contributed by atoms with Crippen LogP contribution in [0.4, 0.5) is 11.5 Å². The molecule has 0 aliphatic carbocycles. The predicted octanol–water partition coefficient (Wildman–Crippen LogP) is -0.744. The Bertz CT molecular complexity index is 334. The average Bonchev–Trinajstić information content (AvgIpc) is 2.30. The Morgan fingerprint density at radius 2 is 2.53 bits per heavy atom. The van der Waals surface area contributed by atoms with Crippen molar-refractivity contribution >= 4 is 11.5 Å². The van der Waals surface area contributed by atoms with Crippen LogP contribution in [0.3, 0.4) is 0 Å². The average molecular weight is 210 g/mol. The lowest BCUT2D eigenvalue weighted by atomic mass is 10.3. The van der Waals surface area contributed by atoms with Gasteiger partial charge in [-0.05, 0) is 0 Å². The van der Waals surface area contributed by atoms with E-state index in [2.05, 4.69) is 9.97 Å². The summed E-state index contributed by atoms with van der Waals surface area (Å²) in [6, 6.07) is 0. The highest BCUT2D eigenvalue weighted by Crippen LogP contribution is 2.20. The van der Waals surface area contributed by atoms with E-state index in [1.54, 1.807) is 6.20 Å². The van der Waals surface area contributed by atoms with Crippen LogP contribution in [0.1, 0.15) is 0 Å². The number of hydrogen-bond donors (Lipinski definition) is 2. The molecule has 0 aromatic carbocycles. The molecule has 1 fully saturated rings. The first-order chi connectivity index (χ1) is 7.31. The molecule has 1 atom stereocenters. The lowest BCUT2D eigenvalue weighted by Crippen LogP contribution is -2.44. The van der Waals surface area contributed by atoms with E-state index in [9.17, 15) is 0 Å². The summed E-state index contributed by atoms with van der Waals surface area (Å²) in [7, 11) is 0. The van der Waals surface area contributed by atoms with Crippen LogP contribution in [0.5, 0.6) is 0 Å². The monoisotopic (exact) mass is 210 g/mol. The Morgan fingerprint density at radius 1 is 1.67 bits per heavy atom. The first kappa shape index (κ1) is 10.1. The van der Waals surface area contributed by atoms with Crippen molar-refractivity contribution in [3.8, 4) is 0 Å². The molecule has 0 bridgehead atoms. The van der Waals surface area contributed by atoms with Gasteiger partial charge in [-0.25, -0.2) is 9.97 Å². The number of aliphatic hydroxyl groups is 1. The number of hydrogen-bond acceptors (Lipinski definition) is 6. The second kappa shape index (κ2) is 4.41. The van der Waals surface area contributed by atoms with Gasteiger partial charge >= 0.3 is 0 Å². The molecule has 1 aromatic rings. The van der Waals surface area contributed by atoms with Gasteiger partial charge in [-0.3, -0.25) is 0 Å². The maximum absolute atomic E-state index is 9.01. The fourth-order valence-corrected chi connectivity index (χ4v) is 1.62. The first-order valence-electron chi connectivity index (χ1n) is 4.84. The van der Waals surface area contributed by atoms with Gasteiger partial charge in [-0.1, -0.05) is 0 Å². The third kappa shape index (κ3) is 2.16. The summed E-state index contributed by atoms with van der Waals surface area (Å²) in [5, 5.41) is 9.01. The SMILES string of the molecule is Nc1cncnc1N1CCOC(CO)C1. The second-order valence-corrected chi connectivity index (χ2v) is 3.42. The third-order valence-corrected chi connectivity index (χ3v) is 2.36. The summed E-state index contributed by atoms with van der Waals surface area (Å²) in [5.41, 5.74) is 6.32. The molecule has 1 saturated heterocycles. The molecule has 6 nitrogen and oxygen atoms in total. The van der Waals surface area contributed by atoms with Crippen molar-refractivity contribution in [2.75, 3.05) is 36.9 Å². The van der Waals surface area contributed by atoms with Crippen molar-refractivity contribution < 1.29 is 9.84 Å². The molecule has 1 aliphatic heterocycles. The van der Waals surface area contributed by atoms with Crippen molar-refractivity contribution in [3.05, 3.63) is 12.5 Å². The quantitative estimate of drug-likeness (QED) is 0.668. The largest absolute Gasteiger partial charge is 0.394 e. The standard InChI is InChI=1S/C9H14N4O2/c10-8-3-11-6-12-9(8)13-1-2-15-7(4-13)5-14/h3,6-7,14H,1-2,4-5,10H2.